The zero-order valence-corrected chi connectivity index (χ0v) is 18.6. The van der Waals surface area contributed by atoms with Gasteiger partial charge in [-0.3, -0.25) is 15.1 Å². The quantitative estimate of drug-likeness (QED) is 0.505. The van der Waals surface area contributed by atoms with Crippen molar-refractivity contribution in [3.05, 3.63) is 11.8 Å². The van der Waals surface area contributed by atoms with Gasteiger partial charge in [-0.15, -0.1) is 0 Å². The fourth-order valence-electron chi connectivity index (χ4n) is 7.99. The van der Waals surface area contributed by atoms with Crippen LogP contribution >= 0.6 is 0 Å². The van der Waals surface area contributed by atoms with Gasteiger partial charge in [0.1, 0.15) is 0 Å². The molecule has 1 aliphatic heterocycles. The third kappa shape index (κ3) is 3.22. The van der Waals surface area contributed by atoms with Gasteiger partial charge in [0.05, 0.1) is 12.2 Å². The maximum Gasteiger partial charge on any atom is 0.173 e. The molecule has 1 heterocycles. The molecule has 4 fully saturated rings. The molecule has 7 heteroatoms. The number of carbonyl (C=O) groups excluding carboxylic acids is 1. The highest BCUT2D eigenvalue weighted by Crippen LogP contribution is 2.66. The van der Waals surface area contributed by atoms with Gasteiger partial charge in [0.2, 0.25) is 0 Å². The number of carbonyl (C=O) groups is 1. The van der Waals surface area contributed by atoms with Gasteiger partial charge in [-0.25, -0.2) is 4.39 Å². The fraction of sp³-hybridized carbons (Fsp3) is 0.875. The van der Waals surface area contributed by atoms with Crippen molar-refractivity contribution in [2.45, 2.75) is 70.8 Å². The Labute approximate surface area is 183 Å². The van der Waals surface area contributed by atoms with Crippen LogP contribution in [-0.2, 0) is 9.63 Å². The predicted octanol–water partition coefficient (Wildman–Crippen LogP) is 2.11. The molecule has 0 bridgehead atoms. The number of hydrogen-bond donors (Lipinski definition) is 4. The average molecular weight is 437 g/mol. The smallest absolute Gasteiger partial charge is 0.173 e. The van der Waals surface area contributed by atoms with Gasteiger partial charge in [-0.2, -0.15) is 0 Å². The first-order chi connectivity index (χ1) is 14.8. The largest absolute Gasteiger partial charge is 0.396 e. The maximum atomic E-state index is 14.5. The van der Waals surface area contributed by atoms with Gasteiger partial charge in [0.25, 0.3) is 0 Å². The van der Waals surface area contributed by atoms with Crippen molar-refractivity contribution >= 4 is 5.78 Å². The molecule has 10 atom stereocenters. The lowest BCUT2D eigenvalue weighted by atomic mass is 9.43. The van der Waals surface area contributed by atoms with Crippen molar-refractivity contribution in [3.8, 4) is 0 Å². The van der Waals surface area contributed by atoms with Crippen LogP contribution in [0, 0.1) is 40.4 Å². The van der Waals surface area contributed by atoms with Gasteiger partial charge in [-0.1, -0.05) is 19.9 Å². The number of nitrogens with one attached hydrogen (secondary N) is 2. The number of ketones is 1. The van der Waals surface area contributed by atoms with E-state index >= 15 is 0 Å². The van der Waals surface area contributed by atoms with E-state index in [4.69, 9.17) is 4.84 Å². The first kappa shape index (κ1) is 21.8. The van der Waals surface area contributed by atoms with Crippen LogP contribution in [0.3, 0.4) is 0 Å². The molecule has 4 aliphatic carbocycles. The summed E-state index contributed by atoms with van der Waals surface area (Å²) in [4.78, 5) is 18.5. The summed E-state index contributed by atoms with van der Waals surface area (Å²) in [5, 5.41) is 25.1. The Balaban J connectivity index is 1.42. The molecule has 4 N–H and O–H groups in total. The van der Waals surface area contributed by atoms with Crippen molar-refractivity contribution in [1.29, 1.82) is 0 Å². The second-order valence-corrected chi connectivity index (χ2v) is 11.2. The highest BCUT2D eigenvalue weighted by atomic mass is 19.1. The summed E-state index contributed by atoms with van der Waals surface area (Å²) in [6, 6.07) is 0. The Morgan fingerprint density at radius 2 is 2.10 bits per heavy atom. The summed E-state index contributed by atoms with van der Waals surface area (Å²) in [6.45, 7) is 5.89. The Hall–Kier alpha value is -1.02. The van der Waals surface area contributed by atoms with Crippen molar-refractivity contribution in [1.82, 2.24) is 10.8 Å². The summed E-state index contributed by atoms with van der Waals surface area (Å²) in [6.07, 6.45) is 4.72. The molecule has 0 amide bonds. The number of hydrogen-bond acceptors (Lipinski definition) is 6. The fourth-order valence-corrected chi connectivity index (χ4v) is 7.99. The van der Waals surface area contributed by atoms with Crippen LogP contribution in [0.4, 0.5) is 4.39 Å². The molecular formula is C24H37FN2O4. The van der Waals surface area contributed by atoms with E-state index in [1.807, 2.05) is 6.92 Å². The summed E-state index contributed by atoms with van der Waals surface area (Å²) >= 11 is 0. The lowest BCUT2D eigenvalue weighted by Crippen LogP contribution is -2.61. The maximum absolute atomic E-state index is 14.5. The highest BCUT2D eigenvalue weighted by Gasteiger charge is 2.66. The van der Waals surface area contributed by atoms with E-state index < -0.39 is 17.7 Å². The van der Waals surface area contributed by atoms with Crippen molar-refractivity contribution < 1.29 is 24.2 Å². The average Bonchev–Trinajstić information content (AvgIpc) is 3.35. The number of hydroxylamine groups is 1. The molecule has 0 radical (unpaired) electrons. The van der Waals surface area contributed by atoms with Gasteiger partial charge >= 0.3 is 0 Å². The van der Waals surface area contributed by atoms with Crippen molar-refractivity contribution in [2.24, 2.45) is 40.4 Å². The number of alkyl halides is 1. The molecule has 3 saturated carbocycles. The molecule has 0 aromatic carbocycles. The molecule has 31 heavy (non-hydrogen) atoms. The second-order valence-electron chi connectivity index (χ2n) is 11.2. The zero-order chi connectivity index (χ0) is 22.0. The van der Waals surface area contributed by atoms with E-state index in [1.54, 1.807) is 0 Å². The highest BCUT2D eigenvalue weighted by molar-refractivity contribution is 5.91. The van der Waals surface area contributed by atoms with Gasteiger partial charge in [0, 0.05) is 30.2 Å². The monoisotopic (exact) mass is 436 g/mol. The van der Waals surface area contributed by atoms with Crippen LogP contribution in [0.2, 0.25) is 0 Å². The van der Waals surface area contributed by atoms with Crippen molar-refractivity contribution in [2.75, 3.05) is 19.7 Å². The SMILES string of the molecule is CC12CCC3C(C(O)C(CO)C4C=C(NOC5CCNC5)CCC43C)C1CC(F)C2=O. The van der Waals surface area contributed by atoms with E-state index in [2.05, 4.69) is 23.8 Å². The van der Waals surface area contributed by atoms with Crippen LogP contribution in [0.5, 0.6) is 0 Å². The summed E-state index contributed by atoms with van der Waals surface area (Å²) in [7, 11) is 0. The van der Waals surface area contributed by atoms with Crippen LogP contribution < -0.4 is 10.8 Å². The number of Topliss-reactive ketones (excluding diaryl/α,β-unsaturated/α-hetero) is 1. The minimum absolute atomic E-state index is 0.0259. The number of allylic oxidation sites excluding steroid dienone is 2. The van der Waals surface area contributed by atoms with E-state index in [1.165, 1.54) is 0 Å². The number of aliphatic hydroxyl groups excluding tert-OH is 2. The summed E-state index contributed by atoms with van der Waals surface area (Å²) in [5.41, 5.74) is 3.43. The standard InChI is InChI=1S/C24H37FN2O4/c1-23-6-3-13(27-31-14-5-8-26-11-14)9-17(23)15(12-28)21(29)20-16(23)4-7-24(2)18(20)10-19(25)22(24)30/h9,14-21,26-29H,3-8,10-12H2,1-2H3. The summed E-state index contributed by atoms with van der Waals surface area (Å²) < 4.78 is 14.5. The Kier molecular flexibility index (Phi) is 5.48. The minimum Gasteiger partial charge on any atom is -0.396 e. The number of aliphatic hydroxyl groups is 2. The number of rotatable bonds is 4. The van der Waals surface area contributed by atoms with E-state index in [0.29, 0.717) is 6.42 Å². The molecule has 0 aromatic heterocycles. The third-order valence-electron chi connectivity index (χ3n) is 9.83. The summed E-state index contributed by atoms with van der Waals surface area (Å²) in [5.74, 6) is -0.609. The lowest BCUT2D eigenvalue weighted by molar-refractivity contribution is -0.181. The molecule has 6 nitrogen and oxygen atoms in total. The molecule has 0 spiro atoms. The first-order valence-corrected chi connectivity index (χ1v) is 12.1. The van der Waals surface area contributed by atoms with Gasteiger partial charge in [0.15, 0.2) is 12.0 Å². The molecule has 5 aliphatic rings. The number of fused-ring (bicyclic) bond motifs is 5. The topological polar surface area (TPSA) is 90.8 Å². The minimum atomic E-state index is -1.41. The first-order valence-electron chi connectivity index (χ1n) is 12.1. The molecule has 0 aromatic rings. The van der Waals surface area contributed by atoms with Crippen LogP contribution in [0.25, 0.3) is 0 Å². The zero-order valence-electron chi connectivity index (χ0n) is 18.6. The van der Waals surface area contributed by atoms with Crippen LogP contribution in [0.15, 0.2) is 11.8 Å². The predicted molar refractivity (Wildman–Crippen MR) is 113 cm³/mol. The Morgan fingerprint density at radius 3 is 2.81 bits per heavy atom. The van der Waals surface area contributed by atoms with E-state index in [9.17, 15) is 19.4 Å². The molecule has 10 unspecified atom stereocenters. The van der Waals surface area contributed by atoms with E-state index in [-0.39, 0.29) is 59.9 Å². The molecule has 5 rings (SSSR count). The molecule has 1 saturated heterocycles. The normalized spacial score (nSPS) is 51.6. The van der Waals surface area contributed by atoms with Gasteiger partial charge in [-0.05, 0) is 74.2 Å². The molecule has 174 valence electrons. The van der Waals surface area contributed by atoms with Crippen molar-refractivity contribution in [3.63, 3.8) is 0 Å². The lowest BCUT2D eigenvalue weighted by Gasteiger charge is -2.62. The van der Waals surface area contributed by atoms with Crippen LogP contribution in [0.1, 0.15) is 52.4 Å². The van der Waals surface area contributed by atoms with Gasteiger partial charge < -0.3 is 15.5 Å². The Bertz CT molecular complexity index is 756. The second kappa shape index (κ2) is 7.79. The van der Waals surface area contributed by atoms with E-state index in [0.717, 1.165) is 44.5 Å². The Morgan fingerprint density at radius 1 is 1.29 bits per heavy atom. The third-order valence-corrected chi connectivity index (χ3v) is 9.83. The van der Waals surface area contributed by atoms with Crippen LogP contribution in [-0.4, -0.2) is 54.1 Å². The number of halogens is 1. The molecular weight excluding hydrogens is 399 g/mol.